The Morgan fingerprint density at radius 1 is 1.31 bits per heavy atom. The lowest BCUT2D eigenvalue weighted by Crippen LogP contribution is -2.48. The lowest BCUT2D eigenvalue weighted by Gasteiger charge is -2.33. The van der Waals surface area contributed by atoms with Crippen LogP contribution < -0.4 is 0 Å². The van der Waals surface area contributed by atoms with Crippen molar-refractivity contribution in [3.63, 3.8) is 0 Å². The molecular weight excluding hydrogens is 358 g/mol. The van der Waals surface area contributed by atoms with Crippen LogP contribution in [0.1, 0.15) is 18.9 Å². The number of morpholine rings is 1. The maximum atomic E-state index is 12.3. The lowest BCUT2D eigenvalue weighted by atomic mass is 10.2. The first kappa shape index (κ1) is 17.8. The SMILES string of the molecule is Cc1ccc(S(=O)(=O)OC[C@@H]2CN(C(=O)OC3(C)C4CC43)CCO2)cc1. The molecule has 2 unspecified atom stereocenters. The molecule has 0 aromatic heterocycles. The van der Waals surface area contributed by atoms with E-state index in [4.69, 9.17) is 13.7 Å². The molecule has 8 heteroatoms. The van der Waals surface area contributed by atoms with Crippen molar-refractivity contribution in [1.29, 1.82) is 0 Å². The largest absolute Gasteiger partial charge is 0.442 e. The number of benzene rings is 1. The van der Waals surface area contributed by atoms with E-state index < -0.39 is 16.2 Å². The zero-order chi connectivity index (χ0) is 18.5. The summed E-state index contributed by atoms with van der Waals surface area (Å²) in [7, 11) is -3.85. The summed E-state index contributed by atoms with van der Waals surface area (Å²) in [4.78, 5) is 14.0. The van der Waals surface area contributed by atoms with Crippen molar-refractivity contribution in [2.75, 3.05) is 26.3 Å². The highest BCUT2D eigenvalue weighted by Crippen LogP contribution is 2.72. The van der Waals surface area contributed by atoms with Crippen LogP contribution in [-0.2, 0) is 23.8 Å². The fourth-order valence-corrected chi connectivity index (χ4v) is 4.44. The molecule has 1 aliphatic heterocycles. The first-order valence-corrected chi connectivity index (χ1v) is 10.3. The molecular formula is C18H23NO6S. The summed E-state index contributed by atoms with van der Waals surface area (Å²) in [5.41, 5.74) is 0.687. The molecule has 0 spiro atoms. The quantitative estimate of drug-likeness (QED) is 0.725. The van der Waals surface area contributed by atoms with Crippen molar-refractivity contribution in [2.24, 2.45) is 11.8 Å². The van der Waals surface area contributed by atoms with E-state index in [9.17, 15) is 13.2 Å². The predicted molar refractivity (Wildman–Crippen MR) is 92.1 cm³/mol. The molecule has 0 N–H and O–H groups in total. The molecule has 0 bridgehead atoms. The van der Waals surface area contributed by atoms with Crippen molar-refractivity contribution in [3.8, 4) is 0 Å². The van der Waals surface area contributed by atoms with E-state index >= 15 is 0 Å². The van der Waals surface area contributed by atoms with Gasteiger partial charge in [0.15, 0.2) is 0 Å². The Bertz CT molecular complexity index is 797. The maximum Gasteiger partial charge on any atom is 0.410 e. The molecule has 1 aromatic carbocycles. The van der Waals surface area contributed by atoms with E-state index in [1.165, 1.54) is 12.1 Å². The molecule has 4 rings (SSSR count). The molecule has 1 heterocycles. The first-order chi connectivity index (χ1) is 12.3. The zero-order valence-electron chi connectivity index (χ0n) is 14.9. The van der Waals surface area contributed by atoms with Gasteiger partial charge in [0.1, 0.15) is 11.7 Å². The minimum Gasteiger partial charge on any atom is -0.442 e. The molecule has 2 aliphatic carbocycles. The Kier molecular flexibility index (Phi) is 4.24. The second-order valence-corrected chi connectivity index (χ2v) is 9.11. The van der Waals surface area contributed by atoms with Crippen molar-refractivity contribution in [3.05, 3.63) is 29.8 Å². The number of nitrogens with zero attached hydrogens (tertiary/aromatic N) is 1. The van der Waals surface area contributed by atoms with Gasteiger partial charge in [0.05, 0.1) is 24.7 Å². The Hall–Kier alpha value is -1.64. The second kappa shape index (κ2) is 6.21. The van der Waals surface area contributed by atoms with E-state index in [1.807, 2.05) is 13.8 Å². The number of hydrogen-bond acceptors (Lipinski definition) is 6. The lowest BCUT2D eigenvalue weighted by molar-refractivity contribution is -0.0536. The fraction of sp³-hybridized carbons (Fsp3) is 0.611. The van der Waals surface area contributed by atoms with Gasteiger partial charge in [-0.1, -0.05) is 17.7 Å². The van der Waals surface area contributed by atoms with Gasteiger partial charge in [-0.25, -0.2) is 4.79 Å². The number of rotatable bonds is 5. The third-order valence-corrected chi connectivity index (χ3v) is 6.87. The van der Waals surface area contributed by atoms with Crippen LogP contribution in [0.25, 0.3) is 0 Å². The van der Waals surface area contributed by atoms with Gasteiger partial charge in [-0.3, -0.25) is 4.18 Å². The Morgan fingerprint density at radius 3 is 2.62 bits per heavy atom. The van der Waals surface area contributed by atoms with E-state index in [0.29, 0.717) is 25.0 Å². The standard InChI is InChI=1S/C18H23NO6S/c1-12-3-5-14(6-4-12)26(21,22)24-11-13-10-19(7-8-23-13)17(20)25-18(2)15-9-16(15)18/h3-6,13,15-16H,7-11H2,1-2H3/t13-,15?,16?,18?/m0/s1. The van der Waals surface area contributed by atoms with Crippen LogP contribution in [0.4, 0.5) is 4.79 Å². The van der Waals surface area contributed by atoms with Gasteiger partial charge in [-0.2, -0.15) is 8.42 Å². The van der Waals surface area contributed by atoms with Crippen molar-refractivity contribution >= 4 is 16.2 Å². The Morgan fingerprint density at radius 2 is 2.00 bits per heavy atom. The molecule has 0 radical (unpaired) electrons. The second-order valence-electron chi connectivity index (χ2n) is 7.49. The fourth-order valence-electron chi connectivity index (χ4n) is 3.50. The van der Waals surface area contributed by atoms with Gasteiger partial charge >= 0.3 is 6.09 Å². The third kappa shape index (κ3) is 3.33. The van der Waals surface area contributed by atoms with Crippen LogP contribution in [0.5, 0.6) is 0 Å². The molecule has 3 aliphatic rings. The molecule has 3 atom stereocenters. The van der Waals surface area contributed by atoms with Gasteiger partial charge in [-0.15, -0.1) is 0 Å². The van der Waals surface area contributed by atoms with Crippen LogP contribution in [0.3, 0.4) is 0 Å². The average Bonchev–Trinajstić information content (AvgIpc) is 3.52. The highest BCUT2D eigenvalue weighted by Gasteiger charge is 2.77. The number of hydrogen-bond donors (Lipinski definition) is 0. The number of carbonyl (C=O) groups excluding carboxylic acids is 1. The van der Waals surface area contributed by atoms with Gasteiger partial charge in [0, 0.05) is 18.4 Å². The van der Waals surface area contributed by atoms with Crippen molar-refractivity contribution < 1.29 is 26.9 Å². The maximum absolute atomic E-state index is 12.3. The summed E-state index contributed by atoms with van der Waals surface area (Å²) in [6.07, 6.45) is 0.299. The summed E-state index contributed by atoms with van der Waals surface area (Å²) < 4.78 is 40.8. The molecule has 1 amide bonds. The zero-order valence-corrected chi connectivity index (χ0v) is 15.7. The van der Waals surface area contributed by atoms with Crippen molar-refractivity contribution in [1.82, 2.24) is 4.90 Å². The summed E-state index contributed by atoms with van der Waals surface area (Å²) in [6, 6.07) is 6.46. The number of aryl methyl sites for hydroxylation is 1. The van der Waals surface area contributed by atoms with E-state index in [-0.39, 0.29) is 29.7 Å². The van der Waals surface area contributed by atoms with Gasteiger partial charge in [0.2, 0.25) is 0 Å². The van der Waals surface area contributed by atoms with Crippen molar-refractivity contribution in [2.45, 2.75) is 36.9 Å². The van der Waals surface area contributed by atoms with Gasteiger partial charge < -0.3 is 14.4 Å². The molecule has 1 saturated heterocycles. The van der Waals surface area contributed by atoms with Crippen LogP contribution in [0.2, 0.25) is 0 Å². The minimum atomic E-state index is -3.85. The molecule has 26 heavy (non-hydrogen) atoms. The molecule has 7 nitrogen and oxygen atoms in total. The Labute approximate surface area is 153 Å². The summed E-state index contributed by atoms with van der Waals surface area (Å²) in [5.74, 6) is 1.07. The monoisotopic (exact) mass is 381 g/mol. The first-order valence-electron chi connectivity index (χ1n) is 8.85. The highest BCUT2D eigenvalue weighted by atomic mass is 32.2. The number of carbonyl (C=O) groups is 1. The predicted octanol–water partition coefficient (Wildman–Crippen LogP) is 1.95. The minimum absolute atomic E-state index is 0.107. The molecule has 142 valence electrons. The summed E-state index contributed by atoms with van der Waals surface area (Å²) in [6.45, 7) is 4.74. The number of amides is 1. The number of fused-ring (bicyclic) bond motifs is 1. The van der Waals surface area contributed by atoms with E-state index in [2.05, 4.69) is 0 Å². The van der Waals surface area contributed by atoms with Crippen LogP contribution in [0.15, 0.2) is 29.2 Å². The smallest absolute Gasteiger partial charge is 0.410 e. The van der Waals surface area contributed by atoms with Crippen LogP contribution in [-0.4, -0.2) is 57.4 Å². The normalized spacial score (nSPS) is 32.7. The van der Waals surface area contributed by atoms with Crippen LogP contribution >= 0.6 is 0 Å². The number of ether oxygens (including phenoxy) is 2. The van der Waals surface area contributed by atoms with Gasteiger partial charge in [0.25, 0.3) is 10.1 Å². The summed E-state index contributed by atoms with van der Waals surface area (Å²) >= 11 is 0. The molecule has 1 aromatic rings. The van der Waals surface area contributed by atoms with E-state index in [1.54, 1.807) is 17.0 Å². The third-order valence-electron chi connectivity index (χ3n) is 5.58. The van der Waals surface area contributed by atoms with E-state index in [0.717, 1.165) is 12.0 Å². The average molecular weight is 381 g/mol. The molecule has 3 fully saturated rings. The highest BCUT2D eigenvalue weighted by molar-refractivity contribution is 7.86. The molecule has 2 saturated carbocycles. The summed E-state index contributed by atoms with van der Waals surface area (Å²) in [5, 5.41) is 0. The van der Waals surface area contributed by atoms with Crippen LogP contribution in [0, 0.1) is 18.8 Å². The Balaban J connectivity index is 1.30. The van der Waals surface area contributed by atoms with Gasteiger partial charge in [-0.05, 0) is 32.4 Å². The topological polar surface area (TPSA) is 82.1 Å².